The van der Waals surface area contributed by atoms with Gasteiger partial charge in [0, 0.05) is 5.56 Å². The normalized spacial score (nSPS) is 11.1. The lowest BCUT2D eigenvalue weighted by molar-refractivity contribution is 0.268. The van der Waals surface area contributed by atoms with Crippen LogP contribution in [0.1, 0.15) is 25.3 Å². The Bertz CT molecular complexity index is 258. The van der Waals surface area contributed by atoms with E-state index in [9.17, 15) is 0 Å². The molecule has 0 aliphatic heterocycles. The van der Waals surface area contributed by atoms with Crippen LogP contribution in [-0.4, -0.2) is 21.5 Å². The fraction of sp³-hybridized carbons (Fsp3) is 0.625. The van der Waals surface area contributed by atoms with E-state index >= 15 is 0 Å². The van der Waals surface area contributed by atoms with Crippen molar-refractivity contribution in [2.24, 2.45) is 0 Å². The second kappa shape index (κ2) is 4.05. The van der Waals surface area contributed by atoms with Crippen molar-refractivity contribution in [2.45, 2.75) is 26.3 Å². The second-order valence-electron chi connectivity index (χ2n) is 2.99. The maximum atomic E-state index is 8.71. The zero-order chi connectivity index (χ0) is 9.14. The fourth-order valence-corrected chi connectivity index (χ4v) is 1.85. The number of hydrogen-bond donors (Lipinski definition) is 1. The molecule has 1 aromatic rings. The zero-order valence-corrected chi connectivity index (χ0v) is 8.87. The predicted octanol–water partition coefficient (Wildman–Crippen LogP) is 1.76. The van der Waals surface area contributed by atoms with Crippen LogP contribution >= 0.6 is 15.9 Å². The molecule has 1 N–H and O–H groups in total. The van der Waals surface area contributed by atoms with Crippen molar-refractivity contribution in [1.29, 1.82) is 0 Å². The van der Waals surface area contributed by atoms with Crippen molar-refractivity contribution in [3.05, 3.63) is 16.4 Å². The van der Waals surface area contributed by atoms with Crippen LogP contribution in [0.4, 0.5) is 0 Å². The highest BCUT2D eigenvalue weighted by Gasteiger charge is 2.09. The van der Waals surface area contributed by atoms with Gasteiger partial charge in [-0.1, -0.05) is 13.8 Å². The molecule has 0 bridgehead atoms. The smallest absolute Gasteiger partial charge is 0.107 e. The highest BCUT2D eigenvalue weighted by atomic mass is 79.9. The molecule has 0 spiro atoms. The SMILES string of the molecule is CC(C)c1cnn(CCO)c1Br. The maximum Gasteiger partial charge on any atom is 0.107 e. The third-order valence-corrected chi connectivity index (χ3v) is 2.60. The van der Waals surface area contributed by atoms with E-state index in [0.717, 1.165) is 4.60 Å². The number of hydrogen-bond acceptors (Lipinski definition) is 2. The molecule has 0 unspecified atom stereocenters. The molecule has 0 saturated heterocycles. The molecule has 4 heteroatoms. The highest BCUT2D eigenvalue weighted by Crippen LogP contribution is 2.23. The molecular formula is C8H13BrN2O. The van der Waals surface area contributed by atoms with E-state index in [0.29, 0.717) is 12.5 Å². The standard InChI is InChI=1S/C8H13BrN2O/c1-6(2)7-5-10-11(3-4-12)8(7)9/h5-6,12H,3-4H2,1-2H3. The number of aromatic nitrogens is 2. The molecule has 0 aliphatic rings. The molecule has 3 nitrogen and oxygen atoms in total. The van der Waals surface area contributed by atoms with Crippen molar-refractivity contribution in [3.63, 3.8) is 0 Å². The Balaban J connectivity index is 2.88. The van der Waals surface area contributed by atoms with Gasteiger partial charge in [0.25, 0.3) is 0 Å². The third kappa shape index (κ3) is 1.87. The van der Waals surface area contributed by atoms with Crippen molar-refractivity contribution in [2.75, 3.05) is 6.61 Å². The van der Waals surface area contributed by atoms with Gasteiger partial charge in [0.05, 0.1) is 19.3 Å². The Morgan fingerprint density at radius 3 is 2.75 bits per heavy atom. The molecule has 1 heterocycles. The summed E-state index contributed by atoms with van der Waals surface area (Å²) in [5.41, 5.74) is 1.18. The molecule has 0 aliphatic carbocycles. The monoisotopic (exact) mass is 232 g/mol. The van der Waals surface area contributed by atoms with E-state index in [-0.39, 0.29) is 6.61 Å². The van der Waals surface area contributed by atoms with E-state index in [1.165, 1.54) is 5.56 Å². The summed E-state index contributed by atoms with van der Waals surface area (Å²) in [5.74, 6) is 0.465. The first-order chi connectivity index (χ1) is 5.66. The molecule has 1 aromatic heterocycles. The largest absolute Gasteiger partial charge is 0.394 e. The molecule has 1 rings (SSSR count). The van der Waals surface area contributed by atoms with Crippen molar-refractivity contribution < 1.29 is 5.11 Å². The number of aliphatic hydroxyl groups is 1. The van der Waals surface area contributed by atoms with Gasteiger partial charge < -0.3 is 5.11 Å². The van der Waals surface area contributed by atoms with Gasteiger partial charge in [-0.05, 0) is 21.8 Å². The maximum absolute atomic E-state index is 8.71. The quantitative estimate of drug-likeness (QED) is 0.863. The second-order valence-corrected chi connectivity index (χ2v) is 3.74. The molecule has 68 valence electrons. The van der Waals surface area contributed by atoms with Gasteiger partial charge >= 0.3 is 0 Å². The van der Waals surface area contributed by atoms with Gasteiger partial charge in [0.2, 0.25) is 0 Å². The summed E-state index contributed by atoms with van der Waals surface area (Å²) in [4.78, 5) is 0. The van der Waals surface area contributed by atoms with Crippen LogP contribution in [-0.2, 0) is 6.54 Å². The fourth-order valence-electron chi connectivity index (χ4n) is 1.02. The van der Waals surface area contributed by atoms with E-state index < -0.39 is 0 Å². The number of halogens is 1. The van der Waals surface area contributed by atoms with Crippen molar-refractivity contribution >= 4 is 15.9 Å². The van der Waals surface area contributed by atoms with E-state index in [1.54, 1.807) is 4.68 Å². The molecular weight excluding hydrogens is 220 g/mol. The lowest BCUT2D eigenvalue weighted by Gasteiger charge is -2.03. The van der Waals surface area contributed by atoms with Crippen molar-refractivity contribution in [3.8, 4) is 0 Å². The highest BCUT2D eigenvalue weighted by molar-refractivity contribution is 9.10. The number of aliphatic hydroxyl groups excluding tert-OH is 1. The van der Waals surface area contributed by atoms with Gasteiger partial charge in [-0.15, -0.1) is 0 Å². The first kappa shape index (κ1) is 9.74. The minimum Gasteiger partial charge on any atom is -0.394 e. The Labute approximate surface area is 80.5 Å². The summed E-state index contributed by atoms with van der Waals surface area (Å²) in [7, 11) is 0. The molecule has 0 atom stereocenters. The summed E-state index contributed by atoms with van der Waals surface area (Å²) in [5, 5.41) is 12.8. The van der Waals surface area contributed by atoms with E-state index in [4.69, 9.17) is 5.11 Å². The van der Waals surface area contributed by atoms with E-state index in [2.05, 4.69) is 34.9 Å². The van der Waals surface area contributed by atoms with E-state index in [1.807, 2.05) is 6.20 Å². The van der Waals surface area contributed by atoms with Crippen LogP contribution < -0.4 is 0 Å². The Morgan fingerprint density at radius 1 is 1.67 bits per heavy atom. The minimum atomic E-state index is 0.123. The Kier molecular flexibility index (Phi) is 3.29. The van der Waals surface area contributed by atoms with Gasteiger partial charge in [-0.25, -0.2) is 0 Å². The molecule has 0 aromatic carbocycles. The summed E-state index contributed by atoms with van der Waals surface area (Å²) in [6.45, 7) is 4.90. The van der Waals surface area contributed by atoms with Crippen LogP contribution in [0.3, 0.4) is 0 Å². The zero-order valence-electron chi connectivity index (χ0n) is 7.29. The van der Waals surface area contributed by atoms with Gasteiger partial charge in [0.1, 0.15) is 4.60 Å². The van der Waals surface area contributed by atoms with Gasteiger partial charge in [-0.3, -0.25) is 4.68 Å². The number of rotatable bonds is 3. The van der Waals surface area contributed by atoms with Crippen LogP contribution in [0.15, 0.2) is 10.8 Å². The lowest BCUT2D eigenvalue weighted by Crippen LogP contribution is -2.04. The summed E-state index contributed by atoms with van der Waals surface area (Å²) >= 11 is 3.44. The lowest BCUT2D eigenvalue weighted by atomic mass is 10.1. The van der Waals surface area contributed by atoms with Crippen LogP contribution in [0.25, 0.3) is 0 Å². The van der Waals surface area contributed by atoms with Crippen LogP contribution in [0, 0.1) is 0 Å². The summed E-state index contributed by atoms with van der Waals surface area (Å²) in [6.07, 6.45) is 1.84. The molecule has 12 heavy (non-hydrogen) atoms. The molecule has 0 amide bonds. The van der Waals surface area contributed by atoms with Crippen molar-refractivity contribution in [1.82, 2.24) is 9.78 Å². The minimum absolute atomic E-state index is 0.123. The van der Waals surface area contributed by atoms with Crippen LogP contribution in [0.5, 0.6) is 0 Å². The molecule has 0 fully saturated rings. The summed E-state index contributed by atoms with van der Waals surface area (Å²) < 4.78 is 2.74. The average molecular weight is 233 g/mol. The Morgan fingerprint density at radius 2 is 2.33 bits per heavy atom. The topological polar surface area (TPSA) is 38.0 Å². The van der Waals surface area contributed by atoms with Gasteiger partial charge in [-0.2, -0.15) is 5.10 Å². The number of nitrogens with zero attached hydrogens (tertiary/aromatic N) is 2. The van der Waals surface area contributed by atoms with Crippen LogP contribution in [0.2, 0.25) is 0 Å². The predicted molar refractivity (Wildman–Crippen MR) is 51.1 cm³/mol. The third-order valence-electron chi connectivity index (χ3n) is 1.73. The summed E-state index contributed by atoms with van der Waals surface area (Å²) in [6, 6.07) is 0. The first-order valence-electron chi connectivity index (χ1n) is 3.99. The first-order valence-corrected chi connectivity index (χ1v) is 4.78. The Hall–Kier alpha value is -0.350. The van der Waals surface area contributed by atoms with Gasteiger partial charge in [0.15, 0.2) is 0 Å². The molecule has 0 radical (unpaired) electrons. The average Bonchev–Trinajstić information content (AvgIpc) is 2.34. The molecule has 0 saturated carbocycles.